The maximum Gasteiger partial charge on any atom is 0.213 e. The molecule has 2 rings (SSSR count). The molecule has 0 fully saturated rings. The van der Waals surface area contributed by atoms with Crippen LogP contribution in [0.2, 0.25) is 0 Å². The van der Waals surface area contributed by atoms with Crippen LogP contribution in [-0.4, -0.2) is 17.6 Å². The summed E-state index contributed by atoms with van der Waals surface area (Å²) < 4.78 is 5.78. The van der Waals surface area contributed by atoms with Crippen LogP contribution in [0, 0.1) is 6.92 Å². The zero-order valence-corrected chi connectivity index (χ0v) is 13.2. The molecule has 0 atom stereocenters. The van der Waals surface area contributed by atoms with E-state index in [1.165, 1.54) is 10.4 Å². The van der Waals surface area contributed by atoms with Crippen LogP contribution in [0.25, 0.3) is 0 Å². The molecule has 0 amide bonds. The van der Waals surface area contributed by atoms with E-state index in [-0.39, 0.29) is 0 Å². The van der Waals surface area contributed by atoms with Crippen molar-refractivity contribution in [3.05, 3.63) is 45.8 Å². The summed E-state index contributed by atoms with van der Waals surface area (Å²) in [5.74, 6) is 0.724. The molecule has 0 bridgehead atoms. The van der Waals surface area contributed by atoms with Crippen LogP contribution in [0.5, 0.6) is 5.88 Å². The third-order valence-electron chi connectivity index (χ3n) is 2.88. The SMILES string of the molecule is Cc1cc(CNC(C)C)cc(OCCc2cccs2)n1. The van der Waals surface area contributed by atoms with Gasteiger partial charge < -0.3 is 10.1 Å². The molecule has 1 N–H and O–H groups in total. The molecule has 0 saturated carbocycles. The lowest BCUT2D eigenvalue weighted by Crippen LogP contribution is -2.22. The first-order valence-electron chi connectivity index (χ1n) is 6.99. The zero-order chi connectivity index (χ0) is 14.4. The summed E-state index contributed by atoms with van der Waals surface area (Å²) in [6.45, 7) is 7.82. The Hall–Kier alpha value is -1.39. The van der Waals surface area contributed by atoms with Crippen LogP contribution in [0.4, 0.5) is 0 Å². The van der Waals surface area contributed by atoms with Gasteiger partial charge in [0.25, 0.3) is 0 Å². The minimum atomic E-state index is 0.478. The zero-order valence-electron chi connectivity index (χ0n) is 12.3. The van der Waals surface area contributed by atoms with E-state index in [4.69, 9.17) is 4.74 Å². The fourth-order valence-electron chi connectivity index (χ4n) is 1.92. The molecular weight excluding hydrogens is 268 g/mol. The van der Waals surface area contributed by atoms with Gasteiger partial charge >= 0.3 is 0 Å². The maximum absolute atomic E-state index is 5.78. The van der Waals surface area contributed by atoms with Crippen molar-refractivity contribution in [2.75, 3.05) is 6.61 Å². The average molecular weight is 290 g/mol. The van der Waals surface area contributed by atoms with Crippen LogP contribution >= 0.6 is 11.3 Å². The molecular formula is C16H22N2OS. The van der Waals surface area contributed by atoms with E-state index in [0.717, 1.165) is 24.5 Å². The number of rotatable bonds is 7. The van der Waals surface area contributed by atoms with E-state index < -0.39 is 0 Å². The number of nitrogens with one attached hydrogen (secondary N) is 1. The quantitative estimate of drug-likeness (QED) is 0.846. The molecule has 0 aromatic carbocycles. The first-order chi connectivity index (χ1) is 9.63. The van der Waals surface area contributed by atoms with Gasteiger partial charge in [0.2, 0.25) is 5.88 Å². The molecule has 2 aromatic heterocycles. The molecule has 0 unspecified atom stereocenters. The number of aromatic nitrogens is 1. The lowest BCUT2D eigenvalue weighted by atomic mass is 10.2. The van der Waals surface area contributed by atoms with Crippen molar-refractivity contribution >= 4 is 11.3 Å². The Bertz CT molecular complexity index is 523. The van der Waals surface area contributed by atoms with Crippen LogP contribution in [0.1, 0.15) is 30.0 Å². The number of thiophene rings is 1. The smallest absolute Gasteiger partial charge is 0.213 e. The molecule has 0 radical (unpaired) electrons. The van der Waals surface area contributed by atoms with Crippen LogP contribution < -0.4 is 10.1 Å². The van der Waals surface area contributed by atoms with Gasteiger partial charge in [-0.05, 0) is 30.0 Å². The molecule has 3 nitrogen and oxygen atoms in total. The largest absolute Gasteiger partial charge is 0.477 e. The topological polar surface area (TPSA) is 34.1 Å². The number of aryl methyl sites for hydroxylation is 1. The van der Waals surface area contributed by atoms with Crippen molar-refractivity contribution in [3.63, 3.8) is 0 Å². The van der Waals surface area contributed by atoms with Crippen molar-refractivity contribution < 1.29 is 4.74 Å². The first kappa shape index (κ1) is 15.0. The van der Waals surface area contributed by atoms with Gasteiger partial charge in [-0.25, -0.2) is 4.98 Å². The van der Waals surface area contributed by atoms with Crippen LogP contribution in [0.3, 0.4) is 0 Å². The Kier molecular flexibility index (Phi) is 5.56. The van der Waals surface area contributed by atoms with Gasteiger partial charge in [-0.2, -0.15) is 0 Å². The predicted octanol–water partition coefficient (Wildman–Crippen LogP) is 3.57. The van der Waals surface area contributed by atoms with Crippen LogP contribution in [0.15, 0.2) is 29.6 Å². The second-order valence-electron chi connectivity index (χ2n) is 5.17. The van der Waals surface area contributed by atoms with Crippen LogP contribution in [-0.2, 0) is 13.0 Å². The molecule has 0 aliphatic rings. The fourth-order valence-corrected chi connectivity index (χ4v) is 2.61. The minimum Gasteiger partial charge on any atom is -0.477 e. The first-order valence-corrected chi connectivity index (χ1v) is 7.87. The molecule has 108 valence electrons. The van der Waals surface area contributed by atoms with Gasteiger partial charge in [-0.3, -0.25) is 0 Å². The Morgan fingerprint density at radius 1 is 1.35 bits per heavy atom. The summed E-state index contributed by atoms with van der Waals surface area (Å²) in [5.41, 5.74) is 2.22. The Morgan fingerprint density at radius 2 is 2.20 bits per heavy atom. The Labute approximate surface area is 125 Å². The van der Waals surface area contributed by atoms with Gasteiger partial charge in [0.05, 0.1) is 6.61 Å². The number of hydrogen-bond donors (Lipinski definition) is 1. The highest BCUT2D eigenvalue weighted by Crippen LogP contribution is 2.14. The molecule has 0 saturated heterocycles. The summed E-state index contributed by atoms with van der Waals surface area (Å²) in [6.07, 6.45) is 0.937. The summed E-state index contributed by atoms with van der Waals surface area (Å²) in [4.78, 5) is 5.78. The van der Waals surface area contributed by atoms with E-state index in [9.17, 15) is 0 Å². The second-order valence-corrected chi connectivity index (χ2v) is 6.20. The van der Waals surface area contributed by atoms with Crippen molar-refractivity contribution in [1.29, 1.82) is 0 Å². The van der Waals surface area contributed by atoms with Gasteiger partial charge in [0, 0.05) is 35.6 Å². The molecule has 0 spiro atoms. The van der Waals surface area contributed by atoms with Gasteiger partial charge in [-0.15, -0.1) is 11.3 Å². The maximum atomic E-state index is 5.78. The molecule has 4 heteroatoms. The standard InChI is InChI=1S/C16H22N2OS/c1-12(2)17-11-14-9-13(3)18-16(10-14)19-7-6-15-5-4-8-20-15/h4-5,8-10,12,17H,6-7,11H2,1-3H3. The third kappa shape index (κ3) is 4.94. The van der Waals surface area contributed by atoms with E-state index in [0.29, 0.717) is 12.6 Å². The summed E-state index contributed by atoms with van der Waals surface area (Å²) in [6, 6.07) is 8.81. The van der Waals surface area contributed by atoms with E-state index >= 15 is 0 Å². The number of hydrogen-bond acceptors (Lipinski definition) is 4. The molecule has 2 heterocycles. The van der Waals surface area contributed by atoms with Crippen molar-refractivity contribution in [1.82, 2.24) is 10.3 Å². The molecule has 20 heavy (non-hydrogen) atoms. The lowest BCUT2D eigenvalue weighted by Gasteiger charge is -2.11. The Balaban J connectivity index is 1.90. The van der Waals surface area contributed by atoms with Crippen molar-refractivity contribution in [2.24, 2.45) is 0 Å². The van der Waals surface area contributed by atoms with E-state index in [2.05, 4.69) is 47.7 Å². The summed E-state index contributed by atoms with van der Waals surface area (Å²) >= 11 is 1.77. The number of nitrogens with zero attached hydrogens (tertiary/aromatic N) is 1. The van der Waals surface area contributed by atoms with Crippen molar-refractivity contribution in [2.45, 2.75) is 39.8 Å². The lowest BCUT2D eigenvalue weighted by molar-refractivity contribution is 0.309. The monoisotopic (exact) mass is 290 g/mol. The second kappa shape index (κ2) is 7.41. The normalized spacial score (nSPS) is 11.0. The summed E-state index contributed by atoms with van der Waals surface area (Å²) in [5, 5.41) is 5.51. The number of ether oxygens (including phenoxy) is 1. The highest BCUT2D eigenvalue weighted by atomic mass is 32.1. The van der Waals surface area contributed by atoms with E-state index in [1.807, 2.05) is 13.0 Å². The molecule has 0 aliphatic heterocycles. The molecule has 2 aromatic rings. The number of pyridine rings is 1. The highest BCUT2D eigenvalue weighted by molar-refractivity contribution is 7.09. The van der Waals surface area contributed by atoms with Gasteiger partial charge in [-0.1, -0.05) is 19.9 Å². The molecule has 0 aliphatic carbocycles. The van der Waals surface area contributed by atoms with Gasteiger partial charge in [0.15, 0.2) is 0 Å². The summed E-state index contributed by atoms with van der Waals surface area (Å²) in [7, 11) is 0. The third-order valence-corrected chi connectivity index (χ3v) is 3.82. The van der Waals surface area contributed by atoms with Gasteiger partial charge in [0.1, 0.15) is 0 Å². The Morgan fingerprint density at radius 3 is 2.90 bits per heavy atom. The predicted molar refractivity (Wildman–Crippen MR) is 84.5 cm³/mol. The fraction of sp³-hybridized carbons (Fsp3) is 0.438. The minimum absolute atomic E-state index is 0.478. The van der Waals surface area contributed by atoms with Crippen molar-refractivity contribution in [3.8, 4) is 5.88 Å². The average Bonchev–Trinajstić information content (AvgIpc) is 2.89. The highest BCUT2D eigenvalue weighted by Gasteiger charge is 2.03. The van der Waals surface area contributed by atoms with E-state index in [1.54, 1.807) is 11.3 Å².